The van der Waals surface area contributed by atoms with Gasteiger partial charge in [-0.05, 0) is 64.9 Å². The molecule has 2 rings (SSSR count). The average Bonchev–Trinajstić information content (AvgIpc) is 2.93. The minimum atomic E-state index is -3.13. The molecule has 0 aromatic heterocycles. The van der Waals surface area contributed by atoms with E-state index in [0.29, 0.717) is 46.2 Å². The zero-order valence-corrected chi connectivity index (χ0v) is 26.8. The van der Waals surface area contributed by atoms with Crippen LogP contribution in [0.25, 0.3) is 0 Å². The SMILES string of the molecule is COc1ccc(CC[N@+](C)(CCC[C@](C#N)(c2ccc(OC)c(OC)c2)C(C)C)CCSS(C)(=O)=O)cc1OC. The predicted octanol–water partition coefficient (Wildman–Crippen LogP) is 5.30. The molecule has 0 saturated heterocycles. The van der Waals surface area contributed by atoms with Crippen LogP contribution in [-0.4, -0.2) is 80.0 Å². The maximum atomic E-state index is 11.8. The Morgan fingerprint density at radius 2 is 1.48 bits per heavy atom. The van der Waals surface area contributed by atoms with Gasteiger partial charge in [0.1, 0.15) is 0 Å². The molecule has 10 heteroatoms. The summed E-state index contributed by atoms with van der Waals surface area (Å²) >= 11 is 0. The fourth-order valence-corrected chi connectivity index (χ4v) is 7.00. The van der Waals surface area contributed by atoms with Gasteiger partial charge in [0.2, 0.25) is 0 Å². The van der Waals surface area contributed by atoms with E-state index in [1.807, 2.05) is 36.4 Å². The van der Waals surface area contributed by atoms with E-state index >= 15 is 0 Å². The molecule has 0 aliphatic rings. The van der Waals surface area contributed by atoms with E-state index in [9.17, 15) is 13.7 Å². The number of hydrogen-bond acceptors (Lipinski definition) is 8. The minimum absolute atomic E-state index is 0.0712. The van der Waals surface area contributed by atoms with E-state index in [1.54, 1.807) is 28.4 Å². The third-order valence-corrected chi connectivity index (χ3v) is 10.2. The molecule has 0 spiro atoms. The van der Waals surface area contributed by atoms with Gasteiger partial charge >= 0.3 is 0 Å². The zero-order chi connectivity index (χ0) is 30.0. The van der Waals surface area contributed by atoms with E-state index in [4.69, 9.17) is 18.9 Å². The highest BCUT2D eigenvalue weighted by Crippen LogP contribution is 2.40. The standard InChI is InChI=1S/C30H45N2O6S2/c1-23(2)30(22-31,25-11-13-27(36-5)29(21-25)38-7)15-9-16-32(3,18-19-39-40(8,33)34)17-14-24-10-12-26(35-4)28(20-24)37-6/h10-13,20-21,23H,9,14-19H2,1-8H3/q+1/t30-,32+/m1/s1. The minimum Gasteiger partial charge on any atom is -0.493 e. The Morgan fingerprint density at radius 1 is 0.900 bits per heavy atom. The highest BCUT2D eigenvalue weighted by Gasteiger charge is 2.37. The number of methoxy groups -OCH3 is 4. The molecule has 0 N–H and O–H groups in total. The molecule has 0 radical (unpaired) electrons. The number of hydrogen-bond donors (Lipinski definition) is 0. The van der Waals surface area contributed by atoms with Crippen molar-refractivity contribution in [2.24, 2.45) is 5.92 Å². The van der Waals surface area contributed by atoms with Crippen molar-refractivity contribution in [3.63, 3.8) is 0 Å². The molecule has 0 unspecified atom stereocenters. The van der Waals surface area contributed by atoms with Crippen molar-refractivity contribution in [1.82, 2.24) is 0 Å². The molecule has 40 heavy (non-hydrogen) atoms. The van der Waals surface area contributed by atoms with Gasteiger partial charge in [0.05, 0.1) is 72.4 Å². The highest BCUT2D eigenvalue weighted by molar-refractivity contribution is 8.71. The molecular formula is C30H45N2O6S2+. The van der Waals surface area contributed by atoms with Gasteiger partial charge in [-0.25, -0.2) is 8.42 Å². The van der Waals surface area contributed by atoms with Crippen molar-refractivity contribution in [1.29, 1.82) is 5.26 Å². The van der Waals surface area contributed by atoms with E-state index < -0.39 is 14.3 Å². The maximum Gasteiger partial charge on any atom is 0.198 e. The molecule has 0 bridgehead atoms. The summed E-state index contributed by atoms with van der Waals surface area (Å²) in [4.78, 5) is 0. The molecule has 222 valence electrons. The van der Waals surface area contributed by atoms with Crippen molar-refractivity contribution < 1.29 is 31.8 Å². The second-order valence-electron chi connectivity index (χ2n) is 10.7. The van der Waals surface area contributed by atoms with E-state index in [2.05, 4.69) is 27.0 Å². The molecule has 0 amide bonds. The monoisotopic (exact) mass is 593 g/mol. The third-order valence-electron chi connectivity index (χ3n) is 7.67. The number of nitrogens with zero attached hydrogens (tertiary/aromatic N) is 2. The first-order valence-electron chi connectivity index (χ1n) is 13.4. The Hall–Kier alpha value is -2.61. The molecule has 0 heterocycles. The normalized spacial score (nSPS) is 14.6. The van der Waals surface area contributed by atoms with Crippen LogP contribution < -0.4 is 18.9 Å². The summed E-state index contributed by atoms with van der Waals surface area (Å²) in [5, 5.41) is 10.5. The summed E-state index contributed by atoms with van der Waals surface area (Å²) in [6.07, 6.45) is 3.51. The van der Waals surface area contributed by atoms with Gasteiger partial charge in [-0.2, -0.15) is 5.26 Å². The number of quaternary nitrogens is 1. The molecule has 0 aliphatic heterocycles. The van der Waals surface area contributed by atoms with E-state index in [-0.39, 0.29) is 5.92 Å². The molecule has 2 aromatic rings. The summed E-state index contributed by atoms with van der Waals surface area (Å²) < 4.78 is 46.1. The summed E-state index contributed by atoms with van der Waals surface area (Å²) in [5.41, 5.74) is 1.33. The molecule has 2 atom stereocenters. The summed E-state index contributed by atoms with van der Waals surface area (Å²) in [6.45, 7) is 6.47. The Bertz CT molecular complexity index is 1260. The van der Waals surface area contributed by atoms with Gasteiger partial charge in [0, 0.05) is 12.7 Å². The first-order chi connectivity index (χ1) is 18.9. The van der Waals surface area contributed by atoms with Gasteiger partial charge < -0.3 is 23.4 Å². The van der Waals surface area contributed by atoms with Crippen molar-refractivity contribution in [2.75, 3.05) is 67.1 Å². The lowest BCUT2D eigenvalue weighted by Gasteiger charge is -2.37. The lowest BCUT2D eigenvalue weighted by atomic mass is 9.69. The maximum absolute atomic E-state index is 11.8. The predicted molar refractivity (Wildman–Crippen MR) is 162 cm³/mol. The second kappa shape index (κ2) is 14.9. The summed E-state index contributed by atoms with van der Waals surface area (Å²) in [5.74, 6) is 3.18. The number of nitriles is 1. The fourth-order valence-electron chi connectivity index (χ4n) is 5.05. The van der Waals surface area contributed by atoms with Crippen molar-refractivity contribution in [2.45, 2.75) is 38.5 Å². The number of ether oxygens (including phenoxy) is 4. The molecule has 2 aromatic carbocycles. The van der Waals surface area contributed by atoms with Gasteiger partial charge in [-0.1, -0.05) is 26.0 Å². The van der Waals surface area contributed by atoms with Crippen LogP contribution in [0.2, 0.25) is 0 Å². The van der Waals surface area contributed by atoms with Crippen LogP contribution in [0.3, 0.4) is 0 Å². The Morgan fingerprint density at radius 3 is 2.00 bits per heavy atom. The number of rotatable bonds is 17. The first-order valence-corrected chi connectivity index (χ1v) is 16.8. The van der Waals surface area contributed by atoms with Crippen molar-refractivity contribution >= 4 is 19.7 Å². The van der Waals surface area contributed by atoms with Gasteiger partial charge in [-0.3, -0.25) is 0 Å². The first kappa shape index (κ1) is 33.6. The van der Waals surface area contributed by atoms with Crippen LogP contribution in [0.15, 0.2) is 36.4 Å². The van der Waals surface area contributed by atoms with Gasteiger partial charge in [0.25, 0.3) is 0 Å². The molecular weight excluding hydrogens is 548 g/mol. The van der Waals surface area contributed by atoms with E-state index in [1.165, 1.54) is 6.26 Å². The summed E-state index contributed by atoms with van der Waals surface area (Å²) in [6, 6.07) is 14.3. The number of benzene rings is 2. The fraction of sp³-hybridized carbons (Fsp3) is 0.567. The van der Waals surface area contributed by atoms with Gasteiger partial charge in [0.15, 0.2) is 31.9 Å². The smallest absolute Gasteiger partial charge is 0.198 e. The van der Waals surface area contributed by atoms with Crippen LogP contribution in [0.1, 0.15) is 37.8 Å². The highest BCUT2D eigenvalue weighted by atomic mass is 33.1. The van der Waals surface area contributed by atoms with Crippen LogP contribution in [0, 0.1) is 17.2 Å². The van der Waals surface area contributed by atoms with Crippen LogP contribution in [-0.2, 0) is 20.7 Å². The Balaban J connectivity index is 2.27. The molecule has 8 nitrogen and oxygen atoms in total. The quantitative estimate of drug-likeness (QED) is 0.180. The number of likely N-dealkylation sites (N-methyl/N-ethyl adjacent to an activating group) is 1. The second-order valence-corrected chi connectivity index (χ2v) is 15.2. The van der Waals surface area contributed by atoms with Crippen LogP contribution in [0.4, 0.5) is 0 Å². The van der Waals surface area contributed by atoms with Crippen LogP contribution >= 0.6 is 10.8 Å². The Labute approximate surface area is 244 Å². The zero-order valence-electron chi connectivity index (χ0n) is 25.2. The summed E-state index contributed by atoms with van der Waals surface area (Å²) in [7, 11) is 6.47. The molecule has 0 aliphatic carbocycles. The Kier molecular flexibility index (Phi) is 12.5. The van der Waals surface area contributed by atoms with E-state index in [0.717, 1.165) is 47.9 Å². The lowest BCUT2D eigenvalue weighted by molar-refractivity contribution is -0.907. The average molecular weight is 594 g/mol. The van der Waals surface area contributed by atoms with Crippen molar-refractivity contribution in [3.05, 3.63) is 47.5 Å². The van der Waals surface area contributed by atoms with Gasteiger partial charge in [-0.15, -0.1) is 0 Å². The topological polar surface area (TPSA) is 94.9 Å². The van der Waals surface area contributed by atoms with Crippen LogP contribution in [0.5, 0.6) is 23.0 Å². The third kappa shape index (κ3) is 8.95. The molecule has 0 saturated carbocycles. The molecule has 0 fully saturated rings. The van der Waals surface area contributed by atoms with Crippen molar-refractivity contribution in [3.8, 4) is 29.1 Å². The lowest BCUT2D eigenvalue weighted by Crippen LogP contribution is -2.48. The largest absolute Gasteiger partial charge is 0.493 e.